The number of rotatable bonds is 3. The first-order valence-electron chi connectivity index (χ1n) is 7.02. The van der Waals surface area contributed by atoms with Gasteiger partial charge in [-0.15, -0.1) is 22.6 Å². The Bertz CT molecular complexity index is 507. The summed E-state index contributed by atoms with van der Waals surface area (Å²) in [5.74, 6) is 1.34. The molecule has 1 fully saturated rings. The Morgan fingerprint density at radius 1 is 0.950 bits per heavy atom. The summed E-state index contributed by atoms with van der Waals surface area (Å²) >= 11 is 0. The second-order valence-electron chi connectivity index (χ2n) is 5.06. The minimum Gasteiger partial charge on any atom is -0.419 e. The molecular weight excluding hydrogens is 274 g/mol. The van der Waals surface area contributed by atoms with Crippen molar-refractivity contribution in [1.29, 1.82) is 0 Å². The first-order valence-corrected chi connectivity index (χ1v) is 7.02. The third-order valence-corrected chi connectivity index (χ3v) is 3.55. The molecule has 1 aliphatic heterocycles. The van der Waals surface area contributed by atoms with Gasteiger partial charge >= 0.3 is 0 Å². The van der Waals surface area contributed by atoms with Gasteiger partial charge in [0.2, 0.25) is 11.8 Å². The zero-order valence-electron chi connectivity index (χ0n) is 11.5. The number of hydrogen-bond acceptors (Lipinski definition) is 4. The van der Waals surface area contributed by atoms with E-state index < -0.39 is 0 Å². The maximum Gasteiger partial charge on any atom is 0.247 e. The second kappa shape index (κ2) is 7.41. The van der Waals surface area contributed by atoms with Gasteiger partial charge in [-0.1, -0.05) is 31.0 Å². The van der Waals surface area contributed by atoms with E-state index in [1.807, 2.05) is 30.3 Å². The fraction of sp³-hybridized carbons (Fsp3) is 0.467. The first kappa shape index (κ1) is 15.0. The number of nitrogens with zero attached hydrogens (tertiary/aromatic N) is 3. The van der Waals surface area contributed by atoms with E-state index in [0.29, 0.717) is 5.89 Å². The molecule has 20 heavy (non-hydrogen) atoms. The molecule has 2 aromatic rings. The Balaban J connectivity index is 0.00000147. The van der Waals surface area contributed by atoms with Crippen LogP contribution < -0.4 is 0 Å². The first-order chi connectivity index (χ1) is 9.42. The predicted molar refractivity (Wildman–Crippen MR) is 80.7 cm³/mol. The van der Waals surface area contributed by atoms with Crippen molar-refractivity contribution < 1.29 is 4.42 Å². The van der Waals surface area contributed by atoms with E-state index in [1.54, 1.807) is 0 Å². The zero-order chi connectivity index (χ0) is 12.9. The lowest BCUT2D eigenvalue weighted by molar-refractivity contribution is 0.249. The van der Waals surface area contributed by atoms with Gasteiger partial charge in [-0.2, -0.15) is 0 Å². The van der Waals surface area contributed by atoms with Crippen molar-refractivity contribution in [1.82, 2.24) is 15.1 Å². The summed E-state index contributed by atoms with van der Waals surface area (Å²) in [7, 11) is 0. The molecule has 0 amide bonds. The van der Waals surface area contributed by atoms with Gasteiger partial charge in [0.05, 0.1) is 6.54 Å². The summed E-state index contributed by atoms with van der Waals surface area (Å²) in [6.45, 7) is 3.06. The van der Waals surface area contributed by atoms with Crippen LogP contribution in [0.2, 0.25) is 0 Å². The monoisotopic (exact) mass is 293 g/mol. The molecule has 5 heteroatoms. The molecule has 0 radical (unpaired) electrons. The van der Waals surface area contributed by atoms with E-state index in [1.165, 1.54) is 25.7 Å². The van der Waals surface area contributed by atoms with Crippen LogP contribution in [-0.4, -0.2) is 28.2 Å². The van der Waals surface area contributed by atoms with E-state index in [2.05, 4.69) is 15.1 Å². The Morgan fingerprint density at radius 3 is 2.35 bits per heavy atom. The van der Waals surface area contributed by atoms with Crippen LogP contribution in [0.5, 0.6) is 0 Å². The number of aromatic nitrogens is 2. The summed E-state index contributed by atoms with van der Waals surface area (Å²) in [5.41, 5.74) is 0.983. The molecule has 1 saturated heterocycles. The second-order valence-corrected chi connectivity index (χ2v) is 5.06. The molecule has 0 spiro atoms. The highest BCUT2D eigenvalue weighted by molar-refractivity contribution is 5.85. The maximum absolute atomic E-state index is 5.75. The van der Waals surface area contributed by atoms with Crippen LogP contribution >= 0.6 is 12.4 Å². The van der Waals surface area contributed by atoms with Crippen molar-refractivity contribution in [3.8, 4) is 11.5 Å². The van der Waals surface area contributed by atoms with Crippen LogP contribution in [0.15, 0.2) is 34.7 Å². The zero-order valence-corrected chi connectivity index (χ0v) is 12.3. The van der Waals surface area contributed by atoms with Gasteiger partial charge in [-0.05, 0) is 38.1 Å². The molecule has 0 unspecified atom stereocenters. The van der Waals surface area contributed by atoms with E-state index in [-0.39, 0.29) is 12.4 Å². The van der Waals surface area contributed by atoms with Gasteiger partial charge in [0.15, 0.2) is 0 Å². The van der Waals surface area contributed by atoms with Crippen LogP contribution in [0.25, 0.3) is 11.5 Å². The highest BCUT2D eigenvalue weighted by Gasteiger charge is 2.14. The Hall–Kier alpha value is -1.39. The quantitative estimate of drug-likeness (QED) is 0.868. The van der Waals surface area contributed by atoms with Gasteiger partial charge in [0.1, 0.15) is 0 Å². The molecular formula is C15H20ClN3O. The Kier molecular flexibility index (Phi) is 5.56. The van der Waals surface area contributed by atoms with Crippen molar-refractivity contribution in [3.05, 3.63) is 36.2 Å². The average Bonchev–Trinajstić information content (AvgIpc) is 2.76. The summed E-state index contributed by atoms with van der Waals surface area (Å²) in [5, 5.41) is 8.29. The van der Waals surface area contributed by atoms with E-state index in [9.17, 15) is 0 Å². The van der Waals surface area contributed by atoms with Crippen molar-refractivity contribution in [2.75, 3.05) is 13.1 Å². The van der Waals surface area contributed by atoms with Crippen LogP contribution in [0.1, 0.15) is 31.6 Å². The molecule has 1 aliphatic rings. The molecule has 1 aromatic heterocycles. The molecule has 0 atom stereocenters. The van der Waals surface area contributed by atoms with Crippen LogP contribution in [-0.2, 0) is 6.54 Å². The summed E-state index contributed by atoms with van der Waals surface area (Å²) in [6, 6.07) is 9.92. The normalized spacial score (nSPS) is 16.4. The number of hydrogen-bond donors (Lipinski definition) is 0. The van der Waals surface area contributed by atoms with Gasteiger partial charge < -0.3 is 4.42 Å². The number of benzene rings is 1. The molecule has 0 saturated carbocycles. The lowest BCUT2D eigenvalue weighted by Crippen LogP contribution is -2.24. The topological polar surface area (TPSA) is 42.2 Å². The SMILES string of the molecule is Cl.c1ccc(-c2nnc(CN3CCCCCC3)o2)cc1. The lowest BCUT2D eigenvalue weighted by Gasteiger charge is -2.16. The largest absolute Gasteiger partial charge is 0.419 e. The standard InChI is InChI=1S/C15H19N3O.ClH/c1-2-7-11-18(10-6-1)12-14-16-17-15(19-14)13-8-4-3-5-9-13;/h3-5,8-9H,1-2,6-7,10-12H2;1H. The molecule has 108 valence electrons. The Morgan fingerprint density at radius 2 is 1.65 bits per heavy atom. The van der Waals surface area contributed by atoms with E-state index >= 15 is 0 Å². The molecule has 0 bridgehead atoms. The maximum atomic E-state index is 5.75. The van der Waals surface area contributed by atoms with Crippen molar-refractivity contribution >= 4 is 12.4 Å². The van der Waals surface area contributed by atoms with Gasteiger partial charge in [0.25, 0.3) is 0 Å². The highest BCUT2D eigenvalue weighted by Crippen LogP contribution is 2.18. The van der Waals surface area contributed by atoms with E-state index in [0.717, 1.165) is 31.1 Å². The van der Waals surface area contributed by atoms with Crippen LogP contribution in [0.3, 0.4) is 0 Å². The molecule has 0 N–H and O–H groups in total. The third-order valence-electron chi connectivity index (χ3n) is 3.55. The van der Waals surface area contributed by atoms with Crippen molar-refractivity contribution in [3.63, 3.8) is 0 Å². The van der Waals surface area contributed by atoms with Gasteiger partial charge in [-0.3, -0.25) is 4.90 Å². The smallest absolute Gasteiger partial charge is 0.247 e. The number of likely N-dealkylation sites (tertiary alicyclic amines) is 1. The fourth-order valence-corrected chi connectivity index (χ4v) is 2.50. The molecule has 0 aliphatic carbocycles. The average molecular weight is 294 g/mol. The van der Waals surface area contributed by atoms with Gasteiger partial charge in [0, 0.05) is 5.56 Å². The summed E-state index contributed by atoms with van der Waals surface area (Å²) in [6.07, 6.45) is 5.24. The molecule has 3 rings (SSSR count). The van der Waals surface area contributed by atoms with Gasteiger partial charge in [-0.25, -0.2) is 0 Å². The summed E-state index contributed by atoms with van der Waals surface area (Å²) < 4.78 is 5.75. The Labute approximate surface area is 125 Å². The van der Waals surface area contributed by atoms with Crippen LogP contribution in [0.4, 0.5) is 0 Å². The third kappa shape index (κ3) is 3.81. The highest BCUT2D eigenvalue weighted by atomic mass is 35.5. The van der Waals surface area contributed by atoms with Crippen LogP contribution in [0, 0.1) is 0 Å². The minimum atomic E-state index is 0. The van der Waals surface area contributed by atoms with Crippen molar-refractivity contribution in [2.45, 2.75) is 32.2 Å². The van der Waals surface area contributed by atoms with E-state index in [4.69, 9.17) is 4.42 Å². The predicted octanol–water partition coefficient (Wildman–Crippen LogP) is 3.53. The summed E-state index contributed by atoms with van der Waals surface area (Å²) in [4.78, 5) is 2.41. The van der Waals surface area contributed by atoms with Crippen molar-refractivity contribution in [2.24, 2.45) is 0 Å². The number of halogens is 1. The fourth-order valence-electron chi connectivity index (χ4n) is 2.50. The lowest BCUT2D eigenvalue weighted by atomic mass is 10.2. The molecule has 4 nitrogen and oxygen atoms in total. The molecule has 2 heterocycles. The molecule has 1 aromatic carbocycles. The minimum absolute atomic E-state index is 0.